The van der Waals surface area contributed by atoms with Gasteiger partial charge in [-0.05, 0) is 55.3 Å². The molecule has 0 radical (unpaired) electrons. The Kier molecular flexibility index (Phi) is 4.77. The number of benzene rings is 2. The molecule has 0 aliphatic heterocycles. The third-order valence-corrected chi connectivity index (χ3v) is 3.73. The Balaban J connectivity index is 1.78. The number of pyridine rings is 1. The molecule has 23 heavy (non-hydrogen) atoms. The van der Waals surface area contributed by atoms with Crippen molar-refractivity contribution in [1.82, 2.24) is 4.98 Å². The quantitative estimate of drug-likeness (QED) is 0.661. The van der Waals surface area contributed by atoms with Crippen LogP contribution in [-0.4, -0.2) is 11.5 Å². The summed E-state index contributed by atoms with van der Waals surface area (Å²) in [6.45, 7) is 5.18. The molecule has 0 aliphatic carbocycles. The van der Waals surface area contributed by atoms with Crippen molar-refractivity contribution in [1.29, 1.82) is 0 Å². The van der Waals surface area contributed by atoms with E-state index in [0.29, 0.717) is 5.88 Å². The van der Waals surface area contributed by atoms with E-state index >= 15 is 0 Å². The van der Waals surface area contributed by atoms with Crippen molar-refractivity contribution in [2.75, 3.05) is 11.9 Å². The Morgan fingerprint density at radius 3 is 2.52 bits per heavy atom. The third kappa shape index (κ3) is 3.81. The topological polar surface area (TPSA) is 34.1 Å². The van der Waals surface area contributed by atoms with Crippen molar-refractivity contribution in [3.63, 3.8) is 0 Å². The van der Waals surface area contributed by atoms with E-state index in [4.69, 9.17) is 4.74 Å². The van der Waals surface area contributed by atoms with Crippen LogP contribution in [0, 0.1) is 0 Å². The van der Waals surface area contributed by atoms with E-state index in [9.17, 15) is 0 Å². The van der Waals surface area contributed by atoms with Crippen LogP contribution in [0.3, 0.4) is 0 Å². The number of anilines is 1. The van der Waals surface area contributed by atoms with Gasteiger partial charge >= 0.3 is 0 Å². The molecule has 0 fully saturated rings. The van der Waals surface area contributed by atoms with Crippen molar-refractivity contribution in [2.24, 2.45) is 0 Å². The lowest BCUT2D eigenvalue weighted by Gasteiger charge is -2.08. The summed E-state index contributed by atoms with van der Waals surface area (Å²) in [6.07, 6.45) is 2.25. The first-order chi connectivity index (χ1) is 11.3. The van der Waals surface area contributed by atoms with E-state index in [2.05, 4.69) is 42.3 Å². The minimum Gasteiger partial charge on any atom is -0.439 e. The van der Waals surface area contributed by atoms with E-state index in [0.717, 1.165) is 41.7 Å². The fourth-order valence-electron chi connectivity index (χ4n) is 2.61. The van der Waals surface area contributed by atoms with Crippen LogP contribution < -0.4 is 10.1 Å². The van der Waals surface area contributed by atoms with Crippen molar-refractivity contribution in [3.8, 4) is 11.6 Å². The summed E-state index contributed by atoms with van der Waals surface area (Å²) in [5.74, 6) is 1.44. The first kappa shape index (κ1) is 15.3. The average Bonchev–Trinajstić information content (AvgIpc) is 2.57. The summed E-state index contributed by atoms with van der Waals surface area (Å²) in [4.78, 5) is 4.58. The molecule has 0 spiro atoms. The van der Waals surface area contributed by atoms with Gasteiger partial charge in [-0.3, -0.25) is 0 Å². The molecule has 0 atom stereocenters. The maximum Gasteiger partial charge on any atom is 0.219 e. The molecule has 1 heterocycles. The highest BCUT2D eigenvalue weighted by molar-refractivity contribution is 5.82. The van der Waals surface area contributed by atoms with Crippen LogP contribution >= 0.6 is 0 Å². The first-order valence-corrected chi connectivity index (χ1v) is 8.20. The van der Waals surface area contributed by atoms with Gasteiger partial charge in [0.25, 0.3) is 0 Å². The molecule has 2 aromatic carbocycles. The van der Waals surface area contributed by atoms with Crippen LogP contribution in [0.2, 0.25) is 0 Å². The Hall–Kier alpha value is -2.55. The van der Waals surface area contributed by atoms with Gasteiger partial charge in [-0.1, -0.05) is 25.5 Å². The zero-order chi connectivity index (χ0) is 16.1. The molecule has 118 valence electrons. The monoisotopic (exact) mass is 306 g/mol. The highest BCUT2D eigenvalue weighted by atomic mass is 16.5. The second kappa shape index (κ2) is 7.14. The van der Waals surface area contributed by atoms with Crippen LogP contribution in [-0.2, 0) is 6.42 Å². The van der Waals surface area contributed by atoms with Crippen LogP contribution in [0.1, 0.15) is 25.8 Å². The lowest BCUT2D eigenvalue weighted by molar-refractivity contribution is 0.465. The highest BCUT2D eigenvalue weighted by Gasteiger charge is 2.03. The number of nitrogens with zero attached hydrogens (tertiary/aromatic N) is 1. The molecule has 1 N–H and O–H groups in total. The maximum atomic E-state index is 5.87. The number of nitrogens with one attached hydrogen (secondary N) is 1. The van der Waals surface area contributed by atoms with Crippen LogP contribution in [0.4, 0.5) is 5.69 Å². The molecule has 0 aliphatic rings. The molecule has 3 rings (SSSR count). The molecule has 0 saturated carbocycles. The van der Waals surface area contributed by atoms with Gasteiger partial charge in [0.1, 0.15) is 5.75 Å². The van der Waals surface area contributed by atoms with Crippen molar-refractivity contribution >= 4 is 16.6 Å². The molecule has 3 aromatic rings. The van der Waals surface area contributed by atoms with Crippen LogP contribution in [0.25, 0.3) is 10.9 Å². The number of hydrogen-bond donors (Lipinski definition) is 1. The lowest BCUT2D eigenvalue weighted by atomic mass is 10.1. The summed E-state index contributed by atoms with van der Waals surface area (Å²) in [7, 11) is 0. The van der Waals surface area contributed by atoms with Gasteiger partial charge in [0.2, 0.25) is 5.88 Å². The van der Waals surface area contributed by atoms with Gasteiger partial charge in [0.05, 0.1) is 5.52 Å². The fraction of sp³-hybridized carbons (Fsp3) is 0.250. The zero-order valence-electron chi connectivity index (χ0n) is 13.7. The highest BCUT2D eigenvalue weighted by Crippen LogP contribution is 2.24. The van der Waals surface area contributed by atoms with Crippen LogP contribution in [0.5, 0.6) is 11.6 Å². The second-order valence-corrected chi connectivity index (χ2v) is 5.58. The minimum atomic E-state index is 0.622. The molecule has 3 nitrogen and oxygen atoms in total. The Morgan fingerprint density at radius 1 is 0.957 bits per heavy atom. The standard InChI is InChI=1S/C20H22N2O/c1-3-5-15-6-10-18(11-7-15)23-20-13-8-16-14-17(21-4-2)9-12-19(16)22-20/h6-14,21H,3-5H2,1-2H3. The number of fused-ring (bicyclic) bond motifs is 1. The molecule has 0 saturated heterocycles. The predicted octanol–water partition coefficient (Wildman–Crippen LogP) is 5.41. The van der Waals surface area contributed by atoms with E-state index < -0.39 is 0 Å². The summed E-state index contributed by atoms with van der Waals surface area (Å²) in [6, 6.07) is 18.4. The molecular weight excluding hydrogens is 284 g/mol. The normalized spacial score (nSPS) is 10.7. The van der Waals surface area contributed by atoms with Gasteiger partial charge < -0.3 is 10.1 Å². The first-order valence-electron chi connectivity index (χ1n) is 8.20. The van der Waals surface area contributed by atoms with E-state index in [1.807, 2.05) is 36.4 Å². The van der Waals surface area contributed by atoms with Crippen LogP contribution in [0.15, 0.2) is 54.6 Å². The molecular formula is C20H22N2O. The van der Waals surface area contributed by atoms with Gasteiger partial charge in [-0.2, -0.15) is 0 Å². The average molecular weight is 306 g/mol. The summed E-state index contributed by atoms with van der Waals surface area (Å²) >= 11 is 0. The fourth-order valence-corrected chi connectivity index (χ4v) is 2.61. The Labute approximate surface area is 137 Å². The Bertz CT molecular complexity index is 781. The molecule has 0 bridgehead atoms. The summed E-state index contributed by atoms with van der Waals surface area (Å²) in [5, 5.41) is 4.42. The molecule has 1 aromatic heterocycles. The number of aromatic nitrogens is 1. The zero-order valence-corrected chi connectivity index (χ0v) is 13.7. The predicted molar refractivity (Wildman–Crippen MR) is 96.4 cm³/mol. The summed E-state index contributed by atoms with van der Waals surface area (Å²) in [5.41, 5.74) is 3.39. The van der Waals surface area contributed by atoms with Gasteiger partial charge in [0.15, 0.2) is 0 Å². The number of rotatable bonds is 6. The van der Waals surface area contributed by atoms with Crippen molar-refractivity contribution in [3.05, 3.63) is 60.2 Å². The number of aryl methyl sites for hydroxylation is 1. The molecule has 3 heteroatoms. The third-order valence-electron chi connectivity index (χ3n) is 3.73. The minimum absolute atomic E-state index is 0.622. The van der Waals surface area contributed by atoms with Crippen molar-refractivity contribution in [2.45, 2.75) is 26.7 Å². The van der Waals surface area contributed by atoms with Gasteiger partial charge in [0, 0.05) is 23.7 Å². The Morgan fingerprint density at radius 2 is 1.78 bits per heavy atom. The SMILES string of the molecule is CCCc1ccc(Oc2ccc3cc(NCC)ccc3n2)cc1. The second-order valence-electron chi connectivity index (χ2n) is 5.58. The lowest BCUT2D eigenvalue weighted by Crippen LogP contribution is -1.96. The largest absolute Gasteiger partial charge is 0.439 e. The van der Waals surface area contributed by atoms with E-state index in [1.165, 1.54) is 5.56 Å². The summed E-state index contributed by atoms with van der Waals surface area (Å²) < 4.78 is 5.87. The maximum absolute atomic E-state index is 5.87. The van der Waals surface area contributed by atoms with Crippen molar-refractivity contribution < 1.29 is 4.74 Å². The number of ether oxygens (including phenoxy) is 1. The van der Waals surface area contributed by atoms with Gasteiger partial charge in [-0.25, -0.2) is 4.98 Å². The molecule has 0 unspecified atom stereocenters. The van der Waals surface area contributed by atoms with Gasteiger partial charge in [-0.15, -0.1) is 0 Å². The van der Waals surface area contributed by atoms with E-state index in [-0.39, 0.29) is 0 Å². The molecule has 0 amide bonds. The smallest absolute Gasteiger partial charge is 0.219 e. The number of hydrogen-bond acceptors (Lipinski definition) is 3. The van der Waals surface area contributed by atoms with E-state index in [1.54, 1.807) is 0 Å².